The molecule has 0 saturated heterocycles. The fourth-order valence-electron chi connectivity index (χ4n) is 2.08. The average Bonchev–Trinajstić information content (AvgIpc) is 2.94. The minimum atomic E-state index is -0.866. The Morgan fingerprint density at radius 3 is 2.83 bits per heavy atom. The molecule has 0 bridgehead atoms. The van der Waals surface area contributed by atoms with E-state index in [0.29, 0.717) is 13.0 Å². The number of thiazole rings is 1. The van der Waals surface area contributed by atoms with Crippen molar-refractivity contribution in [2.75, 3.05) is 13.6 Å². The molecule has 1 fully saturated rings. The first-order valence-corrected chi connectivity index (χ1v) is 6.75. The molecule has 1 saturated carbocycles. The molecule has 1 heterocycles. The molecule has 1 N–H and O–H groups in total. The highest BCUT2D eigenvalue weighted by molar-refractivity contribution is 7.09. The van der Waals surface area contributed by atoms with Gasteiger partial charge >= 0.3 is 5.97 Å². The third-order valence-electron chi connectivity index (χ3n) is 3.22. The molecule has 3 atom stereocenters. The maximum Gasteiger partial charge on any atom is 0.307 e. The van der Waals surface area contributed by atoms with Gasteiger partial charge in [-0.15, -0.1) is 11.3 Å². The van der Waals surface area contributed by atoms with Gasteiger partial charge in [-0.3, -0.25) is 9.59 Å². The summed E-state index contributed by atoms with van der Waals surface area (Å²) in [7, 11) is 1.73. The summed E-state index contributed by atoms with van der Waals surface area (Å²) in [5.41, 5.74) is 0. The Balaban J connectivity index is 1.87. The molecule has 6 heteroatoms. The maximum atomic E-state index is 12.0. The summed E-state index contributed by atoms with van der Waals surface area (Å²) in [6.07, 6.45) is 2.23. The number of aromatic nitrogens is 1. The summed E-state index contributed by atoms with van der Waals surface area (Å²) < 4.78 is 0. The quantitative estimate of drug-likeness (QED) is 0.877. The van der Waals surface area contributed by atoms with Crippen LogP contribution in [0.5, 0.6) is 0 Å². The van der Waals surface area contributed by atoms with Crippen LogP contribution in [0.2, 0.25) is 0 Å². The second kappa shape index (κ2) is 5.06. The molecule has 0 radical (unpaired) electrons. The summed E-state index contributed by atoms with van der Waals surface area (Å²) in [6, 6.07) is 0. The normalized spacial score (nSPS) is 23.4. The van der Waals surface area contributed by atoms with Crippen LogP contribution >= 0.6 is 11.3 Å². The van der Waals surface area contributed by atoms with Gasteiger partial charge in [-0.1, -0.05) is 6.92 Å². The fourth-order valence-corrected chi connectivity index (χ4v) is 2.77. The number of carbonyl (C=O) groups excluding carboxylic acids is 1. The number of carboxylic acid groups (broad SMARTS) is 1. The van der Waals surface area contributed by atoms with Crippen molar-refractivity contribution in [3.63, 3.8) is 0 Å². The third kappa shape index (κ3) is 2.69. The summed E-state index contributed by atoms with van der Waals surface area (Å²) in [6.45, 7) is 2.60. The van der Waals surface area contributed by atoms with Crippen LogP contribution < -0.4 is 0 Å². The number of likely N-dealkylation sites (N-methyl/N-ethyl adjacent to an activating group) is 1. The van der Waals surface area contributed by atoms with Crippen LogP contribution in [0.4, 0.5) is 0 Å². The summed E-state index contributed by atoms with van der Waals surface area (Å²) >= 11 is 1.57. The predicted molar refractivity (Wildman–Crippen MR) is 67.4 cm³/mol. The van der Waals surface area contributed by atoms with Crippen LogP contribution in [0.15, 0.2) is 11.6 Å². The number of carbonyl (C=O) groups is 2. The minimum Gasteiger partial charge on any atom is -0.481 e. The lowest BCUT2D eigenvalue weighted by Gasteiger charge is -2.20. The topological polar surface area (TPSA) is 70.5 Å². The van der Waals surface area contributed by atoms with E-state index in [4.69, 9.17) is 5.11 Å². The number of hydrogen-bond acceptors (Lipinski definition) is 4. The molecule has 18 heavy (non-hydrogen) atoms. The Labute approximate surface area is 109 Å². The standard InChI is InChI=1S/C12H16N2O3S/c1-7(10-13-3-4-18-10)6-14(2)11(15)8-5-9(8)12(16)17/h3-4,7-9H,5-6H2,1-2H3,(H,16,17). The molecule has 3 unspecified atom stereocenters. The van der Waals surface area contributed by atoms with Gasteiger partial charge in [-0.05, 0) is 6.42 Å². The average molecular weight is 268 g/mol. The van der Waals surface area contributed by atoms with Crippen LogP contribution in [-0.2, 0) is 9.59 Å². The summed E-state index contributed by atoms with van der Waals surface area (Å²) in [5, 5.41) is 11.7. The molecule has 0 spiro atoms. The van der Waals surface area contributed by atoms with Crippen LogP contribution in [0.1, 0.15) is 24.3 Å². The van der Waals surface area contributed by atoms with Crippen LogP contribution in [-0.4, -0.2) is 40.5 Å². The molecule has 1 aliphatic rings. The van der Waals surface area contributed by atoms with Crippen molar-refractivity contribution in [3.05, 3.63) is 16.6 Å². The van der Waals surface area contributed by atoms with Gasteiger partial charge in [-0.2, -0.15) is 0 Å². The lowest BCUT2D eigenvalue weighted by atomic mass is 10.1. The molecular formula is C12H16N2O3S. The Morgan fingerprint density at radius 2 is 2.33 bits per heavy atom. The number of hydrogen-bond donors (Lipinski definition) is 1. The molecule has 0 aliphatic heterocycles. The molecular weight excluding hydrogens is 252 g/mol. The molecule has 1 aromatic rings. The maximum absolute atomic E-state index is 12.0. The third-order valence-corrected chi connectivity index (χ3v) is 4.23. The van der Waals surface area contributed by atoms with Crippen molar-refractivity contribution in [2.45, 2.75) is 19.3 Å². The Kier molecular flexibility index (Phi) is 3.65. The van der Waals surface area contributed by atoms with E-state index in [2.05, 4.69) is 4.98 Å². The highest BCUT2D eigenvalue weighted by atomic mass is 32.1. The van der Waals surface area contributed by atoms with E-state index in [1.807, 2.05) is 12.3 Å². The van der Waals surface area contributed by atoms with Crippen molar-refractivity contribution in [1.82, 2.24) is 9.88 Å². The van der Waals surface area contributed by atoms with Gasteiger partial charge in [0.15, 0.2) is 0 Å². The van der Waals surface area contributed by atoms with Gasteiger partial charge in [0, 0.05) is 31.1 Å². The van der Waals surface area contributed by atoms with Crippen LogP contribution in [0, 0.1) is 11.8 Å². The second-order valence-corrected chi connectivity index (χ2v) is 5.70. The first kappa shape index (κ1) is 13.0. The monoisotopic (exact) mass is 268 g/mol. The van der Waals surface area contributed by atoms with Gasteiger partial charge in [0.25, 0.3) is 0 Å². The second-order valence-electron chi connectivity index (χ2n) is 4.78. The number of amides is 1. The van der Waals surface area contributed by atoms with E-state index in [1.54, 1.807) is 29.5 Å². The highest BCUT2D eigenvalue weighted by Gasteiger charge is 2.49. The lowest BCUT2D eigenvalue weighted by Crippen LogP contribution is -2.32. The molecule has 2 rings (SSSR count). The number of rotatable bonds is 5. The molecule has 5 nitrogen and oxygen atoms in total. The Bertz CT molecular complexity index is 446. The SMILES string of the molecule is CC(CN(C)C(=O)C1CC1C(=O)O)c1nccs1. The van der Waals surface area contributed by atoms with E-state index in [-0.39, 0.29) is 17.7 Å². The van der Waals surface area contributed by atoms with Crippen LogP contribution in [0.3, 0.4) is 0 Å². The molecule has 98 valence electrons. The van der Waals surface area contributed by atoms with E-state index in [1.165, 1.54) is 0 Å². The molecule has 0 aromatic carbocycles. The molecule has 1 amide bonds. The molecule has 1 aromatic heterocycles. The zero-order chi connectivity index (χ0) is 13.3. The van der Waals surface area contributed by atoms with Gasteiger partial charge in [0.1, 0.15) is 0 Å². The Hall–Kier alpha value is -1.43. The zero-order valence-electron chi connectivity index (χ0n) is 10.4. The van der Waals surface area contributed by atoms with Gasteiger partial charge in [0.2, 0.25) is 5.91 Å². The lowest BCUT2D eigenvalue weighted by molar-refractivity contribution is -0.141. The first-order valence-electron chi connectivity index (χ1n) is 5.88. The van der Waals surface area contributed by atoms with Gasteiger partial charge in [-0.25, -0.2) is 4.98 Å². The summed E-state index contributed by atoms with van der Waals surface area (Å²) in [4.78, 5) is 28.5. The fraction of sp³-hybridized carbons (Fsp3) is 0.583. The van der Waals surface area contributed by atoms with E-state index < -0.39 is 11.9 Å². The van der Waals surface area contributed by atoms with Gasteiger partial charge < -0.3 is 10.0 Å². The Morgan fingerprint density at radius 1 is 1.61 bits per heavy atom. The van der Waals surface area contributed by atoms with Crippen molar-refractivity contribution >= 4 is 23.2 Å². The van der Waals surface area contributed by atoms with Crippen molar-refractivity contribution in [1.29, 1.82) is 0 Å². The van der Waals surface area contributed by atoms with Crippen molar-refractivity contribution in [3.8, 4) is 0 Å². The smallest absolute Gasteiger partial charge is 0.307 e. The highest BCUT2D eigenvalue weighted by Crippen LogP contribution is 2.40. The number of nitrogens with zero attached hydrogens (tertiary/aromatic N) is 2. The van der Waals surface area contributed by atoms with Crippen LogP contribution in [0.25, 0.3) is 0 Å². The zero-order valence-corrected chi connectivity index (χ0v) is 11.2. The van der Waals surface area contributed by atoms with E-state index in [0.717, 1.165) is 5.01 Å². The minimum absolute atomic E-state index is 0.0641. The van der Waals surface area contributed by atoms with Crippen molar-refractivity contribution < 1.29 is 14.7 Å². The largest absolute Gasteiger partial charge is 0.481 e. The van der Waals surface area contributed by atoms with Crippen molar-refractivity contribution in [2.24, 2.45) is 11.8 Å². The first-order chi connectivity index (χ1) is 8.50. The van der Waals surface area contributed by atoms with E-state index >= 15 is 0 Å². The number of carboxylic acids is 1. The van der Waals surface area contributed by atoms with E-state index in [9.17, 15) is 9.59 Å². The predicted octanol–water partition coefficient (Wildman–Crippen LogP) is 1.43. The van der Waals surface area contributed by atoms with Gasteiger partial charge in [0.05, 0.1) is 16.8 Å². The summed E-state index contributed by atoms with van der Waals surface area (Å²) in [5.74, 6) is -1.55. The molecule has 1 aliphatic carbocycles. The number of aliphatic carboxylic acids is 1.